The van der Waals surface area contributed by atoms with E-state index in [1.165, 1.54) is 0 Å². The molecule has 1 amide bonds. The van der Waals surface area contributed by atoms with Gasteiger partial charge >= 0.3 is 0 Å². The lowest BCUT2D eigenvalue weighted by atomic mass is 10.1. The highest BCUT2D eigenvalue weighted by atomic mass is 16.2. The Morgan fingerprint density at radius 1 is 1.00 bits per heavy atom. The van der Waals surface area contributed by atoms with E-state index in [0.717, 1.165) is 28.0 Å². The second kappa shape index (κ2) is 7.27. The number of fused-ring (bicyclic) bond motifs is 1. The third kappa shape index (κ3) is 3.27. The number of amides is 1. The lowest BCUT2D eigenvalue weighted by Crippen LogP contribution is -2.26. The molecule has 28 heavy (non-hydrogen) atoms. The highest BCUT2D eigenvalue weighted by molar-refractivity contribution is 6.06. The molecule has 0 aliphatic heterocycles. The lowest BCUT2D eigenvalue weighted by Gasteiger charge is -2.18. The number of carbonyl (C=O) groups excluding carboxylic acids is 1. The first-order chi connectivity index (χ1) is 13.5. The molecule has 0 spiro atoms. The van der Waals surface area contributed by atoms with Crippen molar-refractivity contribution in [2.75, 3.05) is 7.05 Å². The number of carbonyl (C=O) groups is 1. The van der Waals surface area contributed by atoms with Crippen LogP contribution in [0.4, 0.5) is 0 Å². The summed E-state index contributed by atoms with van der Waals surface area (Å²) in [6.45, 7) is 4.38. The molecular weight excluding hydrogens is 348 g/mol. The van der Waals surface area contributed by atoms with Crippen molar-refractivity contribution in [1.29, 1.82) is 0 Å². The molecule has 4 rings (SSSR count). The summed E-state index contributed by atoms with van der Waals surface area (Å²) in [4.78, 5) is 19.7. The normalized spacial score (nSPS) is 11.0. The zero-order valence-electron chi connectivity index (χ0n) is 16.3. The Bertz CT molecular complexity index is 1130. The van der Waals surface area contributed by atoms with Gasteiger partial charge in [0, 0.05) is 19.3 Å². The minimum Gasteiger partial charge on any atom is -0.337 e. The Balaban J connectivity index is 1.79. The van der Waals surface area contributed by atoms with Crippen molar-refractivity contribution in [3.8, 4) is 5.69 Å². The summed E-state index contributed by atoms with van der Waals surface area (Å²) in [5, 5.41) is 5.48. The summed E-state index contributed by atoms with van der Waals surface area (Å²) in [6, 6.07) is 21.7. The van der Waals surface area contributed by atoms with Crippen LogP contribution in [0.25, 0.3) is 16.7 Å². The van der Waals surface area contributed by atoms with Gasteiger partial charge in [-0.2, -0.15) is 5.10 Å². The van der Waals surface area contributed by atoms with E-state index >= 15 is 0 Å². The molecule has 5 heteroatoms. The molecule has 2 aromatic heterocycles. The number of hydrogen-bond donors (Lipinski definition) is 0. The van der Waals surface area contributed by atoms with E-state index in [4.69, 9.17) is 0 Å². The predicted octanol–water partition coefficient (Wildman–Crippen LogP) is 4.31. The maximum atomic E-state index is 13.3. The smallest absolute Gasteiger partial charge is 0.254 e. The molecule has 0 saturated carbocycles. The van der Waals surface area contributed by atoms with Gasteiger partial charge in [-0.25, -0.2) is 9.67 Å². The number of aromatic nitrogens is 3. The topological polar surface area (TPSA) is 51.0 Å². The van der Waals surface area contributed by atoms with E-state index in [1.807, 2.05) is 92.3 Å². The van der Waals surface area contributed by atoms with Gasteiger partial charge in [0.2, 0.25) is 0 Å². The van der Waals surface area contributed by atoms with Gasteiger partial charge in [0.15, 0.2) is 5.65 Å². The average Bonchev–Trinajstić information content (AvgIpc) is 3.04. The van der Waals surface area contributed by atoms with Crippen LogP contribution in [0.15, 0.2) is 66.7 Å². The van der Waals surface area contributed by atoms with Crippen LogP contribution in [-0.2, 0) is 6.54 Å². The van der Waals surface area contributed by atoms with Crippen LogP contribution in [0.2, 0.25) is 0 Å². The van der Waals surface area contributed by atoms with E-state index in [0.29, 0.717) is 17.8 Å². The number of nitrogens with zero attached hydrogens (tertiary/aromatic N) is 4. The first kappa shape index (κ1) is 17.9. The minimum absolute atomic E-state index is 0.0323. The maximum Gasteiger partial charge on any atom is 0.254 e. The van der Waals surface area contributed by atoms with Crippen LogP contribution in [0.5, 0.6) is 0 Å². The van der Waals surface area contributed by atoms with Gasteiger partial charge in [-0.3, -0.25) is 4.79 Å². The Morgan fingerprint density at radius 2 is 1.64 bits per heavy atom. The third-order valence-corrected chi connectivity index (χ3v) is 4.78. The molecule has 5 nitrogen and oxygen atoms in total. The molecule has 140 valence electrons. The predicted molar refractivity (Wildman–Crippen MR) is 111 cm³/mol. The molecule has 0 saturated heterocycles. The van der Waals surface area contributed by atoms with Crippen molar-refractivity contribution in [2.45, 2.75) is 20.4 Å². The molecule has 2 heterocycles. The average molecular weight is 370 g/mol. The fraction of sp³-hybridized carbons (Fsp3) is 0.174. The van der Waals surface area contributed by atoms with Gasteiger partial charge < -0.3 is 4.90 Å². The summed E-state index contributed by atoms with van der Waals surface area (Å²) in [6.07, 6.45) is 0. The number of rotatable bonds is 4. The number of benzene rings is 2. The van der Waals surface area contributed by atoms with Gasteiger partial charge in [-0.05, 0) is 37.6 Å². The van der Waals surface area contributed by atoms with Crippen molar-refractivity contribution in [3.63, 3.8) is 0 Å². The second-order valence-corrected chi connectivity index (χ2v) is 6.99. The molecule has 0 radical (unpaired) electrons. The third-order valence-electron chi connectivity index (χ3n) is 4.78. The summed E-state index contributed by atoms with van der Waals surface area (Å²) >= 11 is 0. The highest BCUT2D eigenvalue weighted by Gasteiger charge is 2.21. The van der Waals surface area contributed by atoms with Gasteiger partial charge in [0.05, 0.1) is 22.3 Å². The fourth-order valence-electron chi connectivity index (χ4n) is 3.47. The van der Waals surface area contributed by atoms with Crippen LogP contribution >= 0.6 is 0 Å². The first-order valence-corrected chi connectivity index (χ1v) is 9.26. The molecule has 4 aromatic rings. The molecule has 0 N–H and O–H groups in total. The molecule has 2 aromatic carbocycles. The minimum atomic E-state index is -0.0323. The Morgan fingerprint density at radius 3 is 2.32 bits per heavy atom. The van der Waals surface area contributed by atoms with Gasteiger partial charge in [-0.1, -0.05) is 48.5 Å². The Hall–Kier alpha value is -3.47. The van der Waals surface area contributed by atoms with Gasteiger partial charge in [0.25, 0.3) is 5.91 Å². The van der Waals surface area contributed by atoms with E-state index in [2.05, 4.69) is 10.1 Å². The van der Waals surface area contributed by atoms with Crippen molar-refractivity contribution < 1.29 is 4.79 Å². The molecule has 0 aliphatic rings. The molecule has 0 atom stereocenters. The van der Waals surface area contributed by atoms with E-state index in [1.54, 1.807) is 4.90 Å². The van der Waals surface area contributed by atoms with Gasteiger partial charge in [0.1, 0.15) is 0 Å². The quantitative estimate of drug-likeness (QED) is 0.538. The molecular formula is C23H22N4O. The molecule has 0 bridgehead atoms. The molecule has 0 aliphatic carbocycles. The second-order valence-electron chi connectivity index (χ2n) is 6.99. The lowest BCUT2D eigenvalue weighted by molar-refractivity contribution is 0.0787. The zero-order valence-corrected chi connectivity index (χ0v) is 16.3. The standard InChI is InChI=1S/C23H22N4O/c1-16-14-20(23(28)26(3)15-18-10-6-4-7-11-18)21-17(2)25-27(22(21)24-16)19-12-8-5-9-13-19/h4-14H,15H2,1-3H3. The monoisotopic (exact) mass is 370 g/mol. The maximum absolute atomic E-state index is 13.3. The van der Waals surface area contributed by atoms with Crippen LogP contribution in [0, 0.1) is 13.8 Å². The summed E-state index contributed by atoms with van der Waals surface area (Å²) in [7, 11) is 1.83. The fourth-order valence-corrected chi connectivity index (χ4v) is 3.47. The van der Waals surface area contributed by atoms with Crippen LogP contribution in [-0.4, -0.2) is 32.6 Å². The first-order valence-electron chi connectivity index (χ1n) is 9.26. The SMILES string of the molecule is Cc1cc(C(=O)N(C)Cc2ccccc2)c2c(C)nn(-c3ccccc3)c2n1. The van der Waals surface area contributed by atoms with Crippen LogP contribution in [0.1, 0.15) is 27.3 Å². The number of aryl methyl sites for hydroxylation is 2. The van der Waals surface area contributed by atoms with E-state index < -0.39 is 0 Å². The van der Waals surface area contributed by atoms with Crippen molar-refractivity contribution in [2.24, 2.45) is 0 Å². The Kier molecular flexibility index (Phi) is 4.65. The summed E-state index contributed by atoms with van der Waals surface area (Å²) < 4.78 is 1.81. The zero-order chi connectivity index (χ0) is 19.7. The van der Waals surface area contributed by atoms with Crippen LogP contribution < -0.4 is 0 Å². The van der Waals surface area contributed by atoms with E-state index in [9.17, 15) is 4.79 Å². The van der Waals surface area contributed by atoms with Crippen molar-refractivity contribution in [1.82, 2.24) is 19.7 Å². The summed E-state index contributed by atoms with van der Waals surface area (Å²) in [5.41, 5.74) is 4.96. The highest BCUT2D eigenvalue weighted by Crippen LogP contribution is 2.26. The number of para-hydroxylation sites is 1. The Labute approximate surface area is 164 Å². The van der Waals surface area contributed by atoms with Crippen molar-refractivity contribution >= 4 is 16.9 Å². The molecule has 0 unspecified atom stereocenters. The largest absolute Gasteiger partial charge is 0.337 e. The molecule has 0 fully saturated rings. The van der Waals surface area contributed by atoms with Gasteiger partial charge in [-0.15, -0.1) is 0 Å². The van der Waals surface area contributed by atoms with E-state index in [-0.39, 0.29) is 5.91 Å². The number of pyridine rings is 1. The summed E-state index contributed by atoms with van der Waals surface area (Å²) in [5.74, 6) is -0.0323. The van der Waals surface area contributed by atoms with Crippen molar-refractivity contribution in [3.05, 3.63) is 89.2 Å². The number of hydrogen-bond acceptors (Lipinski definition) is 3. The van der Waals surface area contributed by atoms with Crippen LogP contribution in [0.3, 0.4) is 0 Å².